The van der Waals surface area contributed by atoms with E-state index in [1.165, 1.54) is 12.1 Å². The van der Waals surface area contributed by atoms with Crippen LogP contribution in [0, 0.1) is 0 Å². The van der Waals surface area contributed by atoms with Gasteiger partial charge in [-0.15, -0.1) is 0 Å². The Morgan fingerprint density at radius 2 is 1.81 bits per heavy atom. The molecule has 1 atom stereocenters. The van der Waals surface area contributed by atoms with Crippen molar-refractivity contribution in [2.75, 3.05) is 13.2 Å². The average Bonchev–Trinajstić information content (AvgIpc) is 2.61. The summed E-state index contributed by atoms with van der Waals surface area (Å²) >= 11 is 0. The lowest BCUT2D eigenvalue weighted by Crippen LogP contribution is -2.28. The predicted octanol–water partition coefficient (Wildman–Crippen LogP) is 3.94. The van der Waals surface area contributed by atoms with E-state index in [0.29, 0.717) is 11.1 Å². The summed E-state index contributed by atoms with van der Waals surface area (Å²) in [5.41, 5.74) is 1.25. The Morgan fingerprint density at radius 3 is 2.41 bits per heavy atom. The highest BCUT2D eigenvalue weighted by Crippen LogP contribution is 2.30. The minimum Gasteiger partial charge on any atom is -0.490 e. The topological polar surface area (TPSA) is 67.8 Å². The number of nitrogens with one attached hydrogen (secondary N) is 1. The number of rotatable bonds is 9. The predicted molar refractivity (Wildman–Crippen MR) is 92.8 cm³/mol. The second-order valence-corrected chi connectivity index (χ2v) is 5.68. The van der Waals surface area contributed by atoms with Gasteiger partial charge in [0.15, 0.2) is 18.1 Å². The van der Waals surface area contributed by atoms with E-state index >= 15 is 0 Å². The van der Waals surface area contributed by atoms with Crippen molar-refractivity contribution in [1.82, 2.24) is 5.32 Å². The molecule has 0 spiro atoms. The molecule has 2 aromatic rings. The lowest BCUT2D eigenvalue weighted by molar-refractivity contribution is -0.153. The number of hydrogen-bond acceptors (Lipinski definition) is 4. The van der Waals surface area contributed by atoms with Crippen molar-refractivity contribution < 1.29 is 32.5 Å². The fourth-order valence-electron chi connectivity index (χ4n) is 2.42. The number of carboxylic acid groups (broad SMARTS) is 1. The van der Waals surface area contributed by atoms with Gasteiger partial charge in [0, 0.05) is 6.54 Å². The van der Waals surface area contributed by atoms with E-state index in [9.17, 15) is 23.1 Å². The van der Waals surface area contributed by atoms with Crippen LogP contribution < -0.4 is 14.8 Å². The molecule has 0 aliphatic heterocycles. The van der Waals surface area contributed by atoms with Crippen LogP contribution in [-0.2, 0) is 11.3 Å². The minimum atomic E-state index is -4.45. The summed E-state index contributed by atoms with van der Waals surface area (Å²) in [7, 11) is 0. The van der Waals surface area contributed by atoms with Gasteiger partial charge >= 0.3 is 12.1 Å². The lowest BCUT2D eigenvalue weighted by Gasteiger charge is -2.17. The Labute approximate surface area is 154 Å². The monoisotopic (exact) mass is 383 g/mol. The number of carbonyl (C=O) groups is 1. The minimum absolute atomic E-state index is 0.0178. The van der Waals surface area contributed by atoms with Gasteiger partial charge in [0.05, 0.1) is 6.61 Å². The maximum Gasteiger partial charge on any atom is 0.422 e. The van der Waals surface area contributed by atoms with Crippen molar-refractivity contribution in [3.63, 3.8) is 0 Å². The third-order valence-corrected chi connectivity index (χ3v) is 3.59. The fraction of sp³-hybridized carbons (Fsp3) is 0.316. The first kappa shape index (κ1) is 20.6. The van der Waals surface area contributed by atoms with Crippen LogP contribution in [0.5, 0.6) is 11.5 Å². The maximum atomic E-state index is 12.4. The molecular weight excluding hydrogens is 363 g/mol. The summed E-state index contributed by atoms with van der Waals surface area (Å²) in [6.07, 6.45) is -4.45. The van der Waals surface area contributed by atoms with Gasteiger partial charge in [-0.1, -0.05) is 36.4 Å². The third-order valence-electron chi connectivity index (χ3n) is 3.59. The van der Waals surface area contributed by atoms with Gasteiger partial charge in [-0.2, -0.15) is 13.2 Å². The van der Waals surface area contributed by atoms with E-state index in [-0.39, 0.29) is 24.7 Å². The zero-order chi connectivity index (χ0) is 19.9. The SMILES string of the molecule is CCOc1cc(CN[C@@H](C(=O)O)c2ccccc2)ccc1OCC(F)(F)F. The van der Waals surface area contributed by atoms with Crippen LogP contribution in [0.25, 0.3) is 0 Å². The zero-order valence-corrected chi connectivity index (χ0v) is 14.6. The smallest absolute Gasteiger partial charge is 0.422 e. The van der Waals surface area contributed by atoms with Gasteiger partial charge in [-0.05, 0) is 30.2 Å². The first-order valence-corrected chi connectivity index (χ1v) is 8.26. The number of benzene rings is 2. The van der Waals surface area contributed by atoms with Gasteiger partial charge in [-0.3, -0.25) is 10.1 Å². The van der Waals surface area contributed by atoms with Gasteiger partial charge < -0.3 is 14.6 Å². The molecule has 0 amide bonds. The molecule has 0 radical (unpaired) electrons. The normalized spacial score (nSPS) is 12.4. The van der Waals surface area contributed by atoms with Crippen LogP contribution in [0.1, 0.15) is 24.1 Å². The van der Waals surface area contributed by atoms with Crippen molar-refractivity contribution in [3.05, 3.63) is 59.7 Å². The second-order valence-electron chi connectivity index (χ2n) is 5.68. The fourth-order valence-corrected chi connectivity index (χ4v) is 2.42. The largest absolute Gasteiger partial charge is 0.490 e. The molecule has 0 heterocycles. The molecule has 0 aliphatic carbocycles. The molecule has 8 heteroatoms. The molecule has 146 valence electrons. The van der Waals surface area contributed by atoms with Crippen molar-refractivity contribution in [3.8, 4) is 11.5 Å². The number of carboxylic acids is 1. The van der Waals surface area contributed by atoms with Crippen molar-refractivity contribution in [2.24, 2.45) is 0 Å². The lowest BCUT2D eigenvalue weighted by atomic mass is 10.1. The molecule has 0 unspecified atom stereocenters. The first-order chi connectivity index (χ1) is 12.8. The molecule has 2 N–H and O–H groups in total. The van der Waals surface area contributed by atoms with Crippen LogP contribution >= 0.6 is 0 Å². The van der Waals surface area contributed by atoms with E-state index in [4.69, 9.17) is 9.47 Å². The van der Waals surface area contributed by atoms with Crippen molar-refractivity contribution in [2.45, 2.75) is 25.7 Å². The summed E-state index contributed by atoms with van der Waals surface area (Å²) in [5.74, 6) is -0.875. The number of ether oxygens (including phenoxy) is 2. The van der Waals surface area contributed by atoms with Gasteiger partial charge in [0.2, 0.25) is 0 Å². The number of halogens is 3. The van der Waals surface area contributed by atoms with E-state index in [2.05, 4.69) is 5.32 Å². The first-order valence-electron chi connectivity index (χ1n) is 8.26. The second kappa shape index (κ2) is 9.27. The Morgan fingerprint density at radius 1 is 1.11 bits per heavy atom. The van der Waals surface area contributed by atoms with Crippen LogP contribution in [0.4, 0.5) is 13.2 Å². The Balaban J connectivity index is 2.11. The van der Waals surface area contributed by atoms with Gasteiger partial charge in [0.25, 0.3) is 0 Å². The van der Waals surface area contributed by atoms with Crippen LogP contribution in [0.15, 0.2) is 48.5 Å². The molecule has 0 fully saturated rings. The maximum absolute atomic E-state index is 12.4. The quantitative estimate of drug-likeness (QED) is 0.687. The van der Waals surface area contributed by atoms with Crippen LogP contribution in [0.2, 0.25) is 0 Å². The van der Waals surface area contributed by atoms with Gasteiger partial charge in [0.1, 0.15) is 6.04 Å². The Kier molecular flexibility index (Phi) is 7.06. The summed E-state index contributed by atoms with van der Waals surface area (Å²) in [6.45, 7) is 0.723. The number of hydrogen-bond donors (Lipinski definition) is 2. The Hall–Kier alpha value is -2.74. The molecular formula is C19H20F3NO4. The summed E-state index contributed by atoms with van der Waals surface area (Å²) in [4.78, 5) is 11.5. The number of aliphatic carboxylic acids is 1. The number of alkyl halides is 3. The van der Waals surface area contributed by atoms with E-state index in [0.717, 1.165) is 0 Å². The molecule has 0 aliphatic rings. The molecule has 2 aromatic carbocycles. The van der Waals surface area contributed by atoms with Crippen molar-refractivity contribution >= 4 is 5.97 Å². The third kappa shape index (κ3) is 6.49. The molecule has 0 bridgehead atoms. The molecule has 0 saturated heterocycles. The zero-order valence-electron chi connectivity index (χ0n) is 14.6. The highest BCUT2D eigenvalue weighted by Gasteiger charge is 2.29. The van der Waals surface area contributed by atoms with Crippen LogP contribution in [0.3, 0.4) is 0 Å². The van der Waals surface area contributed by atoms with Crippen molar-refractivity contribution in [1.29, 1.82) is 0 Å². The highest BCUT2D eigenvalue weighted by molar-refractivity contribution is 5.75. The molecule has 2 rings (SSSR count). The summed E-state index contributed by atoms with van der Waals surface area (Å²) in [6, 6.07) is 12.2. The van der Waals surface area contributed by atoms with E-state index in [1.807, 2.05) is 0 Å². The average molecular weight is 383 g/mol. The molecule has 27 heavy (non-hydrogen) atoms. The molecule has 5 nitrogen and oxygen atoms in total. The summed E-state index contributed by atoms with van der Waals surface area (Å²) in [5, 5.41) is 12.3. The van der Waals surface area contributed by atoms with E-state index < -0.39 is 24.8 Å². The summed E-state index contributed by atoms with van der Waals surface area (Å²) < 4.78 is 47.2. The van der Waals surface area contributed by atoms with Crippen LogP contribution in [-0.4, -0.2) is 30.5 Å². The molecule has 0 saturated carbocycles. The van der Waals surface area contributed by atoms with Gasteiger partial charge in [-0.25, -0.2) is 0 Å². The standard InChI is InChI=1S/C19H20F3NO4/c1-2-26-16-10-13(8-9-15(16)27-12-19(20,21)22)11-23-17(18(24)25)14-6-4-3-5-7-14/h3-10,17,23H,2,11-12H2,1H3,(H,24,25)/t17-/m1/s1. The Bertz CT molecular complexity index is 750. The molecule has 0 aromatic heterocycles. The van der Waals surface area contributed by atoms with E-state index in [1.54, 1.807) is 43.3 Å². The highest BCUT2D eigenvalue weighted by atomic mass is 19.4.